The molecule has 0 saturated carbocycles. The first-order chi connectivity index (χ1) is 45.0. The second-order valence-corrected chi connectivity index (χ2v) is 25.2. The fraction of sp³-hybridized carbons (Fsp3) is 0.485. The molecule has 3 aromatic heterocycles. The summed E-state index contributed by atoms with van der Waals surface area (Å²) < 4.78 is 64.5. The van der Waals surface area contributed by atoms with Crippen LogP contribution < -0.4 is 19.7 Å². The van der Waals surface area contributed by atoms with Crippen molar-refractivity contribution in [3.63, 3.8) is 0 Å². The Morgan fingerprint density at radius 1 is 0.860 bits per heavy atom. The Balaban J connectivity index is 0.601. The molecule has 3 saturated heterocycles. The molecule has 498 valence electrons. The van der Waals surface area contributed by atoms with Gasteiger partial charge in [-0.25, -0.2) is 9.37 Å². The smallest absolute Gasteiger partial charge is 0.319 e. The van der Waals surface area contributed by atoms with Gasteiger partial charge in [0.05, 0.1) is 98.5 Å². The van der Waals surface area contributed by atoms with E-state index in [0.29, 0.717) is 126 Å². The van der Waals surface area contributed by atoms with Crippen LogP contribution in [0.3, 0.4) is 0 Å². The predicted octanol–water partition coefficient (Wildman–Crippen LogP) is 8.92. The Kier molecular flexibility index (Phi) is 24.0. The molecule has 3 fully saturated rings. The number of aromatic nitrogens is 4. The number of phenols is 1. The standard InChI is InChI=1S/C68H83ClFN9O13S/c1-7-59(82)77-18-20-78(21-19-77)65-54-37-55(69)61(53-35-49(80)33-46-10-8-9-11-52(46)53)62(70)63(54)73-68(74-65)91-44(5)39-76-16-14-51(15-17-76)89-30-28-87-26-24-85-22-23-86-25-27-88-29-31-90-57-34-47(64-45(6)72-41-93-64)12-13-48(57)38-71-66(83)56-36-50(81)40-79(56)67(84)60(42(2)3)58-32-43(4)75-92-58/h7-13,32-35,37,41-42,44,50-51,56,60,80-81H,1,14-31,36,38-40H2,2-6H3,(H,71,83)/t44-,50?,56?,60+/m1/s1. The van der Waals surface area contributed by atoms with Crippen LogP contribution in [-0.2, 0) is 44.6 Å². The number of aliphatic hydroxyl groups is 1. The summed E-state index contributed by atoms with van der Waals surface area (Å²) in [5.41, 5.74) is 5.58. The molecule has 3 aliphatic rings. The third-order valence-electron chi connectivity index (χ3n) is 16.8. The number of phenolic OH excluding ortho intramolecular Hbond substituents is 1. The van der Waals surface area contributed by atoms with Gasteiger partial charge in [0.2, 0.25) is 17.7 Å². The van der Waals surface area contributed by atoms with Crippen molar-refractivity contribution in [2.24, 2.45) is 5.92 Å². The summed E-state index contributed by atoms with van der Waals surface area (Å²) in [6.45, 7) is 21.0. The van der Waals surface area contributed by atoms with Crippen molar-refractivity contribution in [2.75, 3.05) is 123 Å². The lowest BCUT2D eigenvalue weighted by Crippen LogP contribution is -2.48. The number of nitrogens with one attached hydrogen (secondary N) is 1. The van der Waals surface area contributed by atoms with Crippen LogP contribution in [0.5, 0.6) is 17.5 Å². The summed E-state index contributed by atoms with van der Waals surface area (Å²) in [6, 6.07) is 18.9. The van der Waals surface area contributed by atoms with Crippen LogP contribution in [0.2, 0.25) is 5.02 Å². The van der Waals surface area contributed by atoms with Crippen molar-refractivity contribution in [3.8, 4) is 39.1 Å². The van der Waals surface area contributed by atoms with E-state index < -0.39 is 23.9 Å². The lowest BCUT2D eigenvalue weighted by atomic mass is 9.91. The van der Waals surface area contributed by atoms with Gasteiger partial charge in [-0.3, -0.25) is 19.3 Å². The summed E-state index contributed by atoms with van der Waals surface area (Å²) >= 11 is 8.47. The third kappa shape index (κ3) is 17.5. The highest BCUT2D eigenvalue weighted by atomic mass is 35.5. The van der Waals surface area contributed by atoms with Crippen LogP contribution in [0.15, 0.2) is 89.4 Å². The fourth-order valence-corrected chi connectivity index (χ4v) is 13.3. The Morgan fingerprint density at radius 2 is 1.56 bits per heavy atom. The number of aliphatic hydroxyl groups excluding tert-OH is 1. The molecule has 10 rings (SSSR count). The number of aromatic hydroxyl groups is 1. The number of likely N-dealkylation sites (tertiary alicyclic amines) is 2. The van der Waals surface area contributed by atoms with Crippen LogP contribution in [0.25, 0.3) is 43.2 Å². The van der Waals surface area contributed by atoms with Gasteiger partial charge in [0.15, 0.2) is 5.82 Å². The molecule has 3 aliphatic heterocycles. The Hall–Kier alpha value is -7.39. The number of rotatable bonds is 31. The molecule has 4 atom stereocenters. The highest BCUT2D eigenvalue weighted by Gasteiger charge is 2.43. The molecular formula is C68H83ClFN9O13S. The molecule has 0 aliphatic carbocycles. The average molecular weight is 1320 g/mol. The molecular weight excluding hydrogens is 1240 g/mol. The molecule has 0 radical (unpaired) electrons. The highest BCUT2D eigenvalue weighted by molar-refractivity contribution is 7.13. The molecule has 22 nitrogen and oxygen atoms in total. The maximum absolute atomic E-state index is 17.1. The van der Waals surface area contributed by atoms with Crippen LogP contribution in [-0.4, -0.2) is 206 Å². The number of nitrogens with zero attached hydrogens (tertiary/aromatic N) is 8. The largest absolute Gasteiger partial charge is 0.508 e. The van der Waals surface area contributed by atoms with E-state index in [1.165, 1.54) is 28.4 Å². The summed E-state index contributed by atoms with van der Waals surface area (Å²) in [7, 11) is 0. The van der Waals surface area contributed by atoms with E-state index in [1.807, 2.05) is 75.1 Å². The first-order valence-corrected chi connectivity index (χ1v) is 33.0. The third-order valence-corrected chi connectivity index (χ3v) is 18.1. The number of carbonyl (C=O) groups is 3. The topological polar surface area (TPSA) is 246 Å². The van der Waals surface area contributed by atoms with Gasteiger partial charge < -0.3 is 67.9 Å². The van der Waals surface area contributed by atoms with Crippen molar-refractivity contribution in [2.45, 2.75) is 90.7 Å². The number of β-amino-alcohol motifs (C(OH)–C–C–N with tert-alkyl or cyclic N) is 1. The number of aryl methyl sites for hydroxylation is 2. The van der Waals surface area contributed by atoms with Gasteiger partial charge in [-0.1, -0.05) is 73.6 Å². The number of thiazole rings is 1. The van der Waals surface area contributed by atoms with E-state index in [1.54, 1.807) is 35.5 Å². The van der Waals surface area contributed by atoms with Gasteiger partial charge in [0, 0.05) is 87.9 Å². The minimum atomic E-state index is -0.863. The Morgan fingerprint density at radius 3 is 2.23 bits per heavy atom. The summed E-state index contributed by atoms with van der Waals surface area (Å²) in [4.78, 5) is 62.6. The number of fused-ring (bicyclic) bond motifs is 2. The van der Waals surface area contributed by atoms with E-state index in [9.17, 15) is 24.6 Å². The van der Waals surface area contributed by atoms with E-state index in [-0.39, 0.29) is 89.8 Å². The predicted molar refractivity (Wildman–Crippen MR) is 351 cm³/mol. The minimum absolute atomic E-state index is 0.0195. The maximum Gasteiger partial charge on any atom is 0.319 e. The minimum Gasteiger partial charge on any atom is -0.508 e. The van der Waals surface area contributed by atoms with Crippen molar-refractivity contribution in [1.82, 2.24) is 40.1 Å². The van der Waals surface area contributed by atoms with E-state index in [4.69, 9.17) is 54.3 Å². The molecule has 25 heteroatoms. The fourth-order valence-electron chi connectivity index (χ4n) is 12.2. The lowest BCUT2D eigenvalue weighted by molar-refractivity contribution is -0.141. The number of hydrogen-bond donors (Lipinski definition) is 3. The average Bonchev–Trinajstić information content (AvgIpc) is 1.38. The Labute approximate surface area is 549 Å². The monoisotopic (exact) mass is 1320 g/mol. The van der Waals surface area contributed by atoms with Crippen molar-refractivity contribution < 1.29 is 66.7 Å². The number of ether oxygens (including phenoxy) is 7. The molecule has 93 heavy (non-hydrogen) atoms. The van der Waals surface area contributed by atoms with Crippen LogP contribution in [0, 0.1) is 25.6 Å². The number of carbonyl (C=O) groups excluding carboxylic acids is 3. The van der Waals surface area contributed by atoms with Crippen molar-refractivity contribution >= 4 is 68.2 Å². The zero-order chi connectivity index (χ0) is 65.5. The molecule has 0 spiro atoms. The number of piperazine rings is 1. The summed E-state index contributed by atoms with van der Waals surface area (Å²) in [6.07, 6.45) is 1.98. The first-order valence-electron chi connectivity index (χ1n) is 31.8. The molecule has 3 N–H and O–H groups in total. The van der Waals surface area contributed by atoms with Gasteiger partial charge in [0.25, 0.3) is 0 Å². The normalized spacial score (nSPS) is 17.2. The zero-order valence-corrected chi connectivity index (χ0v) is 54.9. The summed E-state index contributed by atoms with van der Waals surface area (Å²) in [5.74, 6) is -0.841. The molecule has 3 amide bonds. The lowest BCUT2D eigenvalue weighted by Gasteiger charge is -2.35. The van der Waals surface area contributed by atoms with Gasteiger partial charge in [-0.15, -0.1) is 11.3 Å². The second-order valence-electron chi connectivity index (χ2n) is 23.9. The number of benzene rings is 4. The van der Waals surface area contributed by atoms with Crippen LogP contribution in [0.1, 0.15) is 68.7 Å². The highest BCUT2D eigenvalue weighted by Crippen LogP contribution is 2.43. The van der Waals surface area contributed by atoms with Gasteiger partial charge in [-0.2, -0.15) is 9.97 Å². The Bertz CT molecular complexity index is 3690. The SMILES string of the molecule is C=CC(=O)N1CCN(c2nc(O[C@H](C)CN3CCC(OCCOCCOCCOCCOCCOc4cc(-c5scnc5C)ccc4CNC(=O)C4CC(O)CN4C(=O)[C@H](c4cc(C)no4)C(C)C)CC3)nc3c(F)c(-c4cc(O)cc5ccccc45)c(Cl)cc23)CC1. The van der Waals surface area contributed by atoms with Gasteiger partial charge in [0.1, 0.15) is 53.3 Å². The molecule has 0 bridgehead atoms. The molecule has 6 heterocycles. The number of anilines is 1. The van der Waals surface area contributed by atoms with E-state index in [2.05, 4.69) is 31.9 Å². The number of halogens is 2. The first kappa shape index (κ1) is 68.5. The van der Waals surface area contributed by atoms with Crippen molar-refractivity contribution in [3.05, 3.63) is 118 Å². The quantitative estimate of drug-likeness (QED) is 0.0271. The van der Waals surface area contributed by atoms with Crippen LogP contribution in [0.4, 0.5) is 10.2 Å². The van der Waals surface area contributed by atoms with Crippen LogP contribution >= 0.6 is 22.9 Å². The number of amides is 3. The molecule has 7 aromatic rings. The molecule has 2 unspecified atom stereocenters. The van der Waals surface area contributed by atoms with Crippen molar-refractivity contribution in [1.29, 1.82) is 0 Å². The molecule has 4 aromatic carbocycles. The zero-order valence-electron chi connectivity index (χ0n) is 53.4. The maximum atomic E-state index is 17.1. The number of piperidine rings is 1. The van der Waals surface area contributed by atoms with E-state index in [0.717, 1.165) is 58.4 Å². The number of hydrogen-bond acceptors (Lipinski definition) is 20. The second kappa shape index (κ2) is 32.6. The van der Waals surface area contributed by atoms with E-state index >= 15 is 4.39 Å². The van der Waals surface area contributed by atoms with Gasteiger partial charge >= 0.3 is 6.01 Å². The van der Waals surface area contributed by atoms with Gasteiger partial charge in [-0.05, 0) is 91.8 Å². The summed E-state index contributed by atoms with van der Waals surface area (Å²) in [5, 5.41) is 30.3.